The molecule has 0 saturated heterocycles. The van der Waals surface area contributed by atoms with Gasteiger partial charge in [-0.3, -0.25) is 9.59 Å². The number of amides is 2. The van der Waals surface area contributed by atoms with E-state index in [1.54, 1.807) is 13.8 Å². The average Bonchev–Trinajstić information content (AvgIpc) is 3.39. The van der Waals surface area contributed by atoms with Crippen molar-refractivity contribution in [1.82, 2.24) is 20.6 Å². The van der Waals surface area contributed by atoms with Gasteiger partial charge in [0.25, 0.3) is 0 Å². The van der Waals surface area contributed by atoms with E-state index in [1.807, 2.05) is 45.9 Å². The largest absolute Gasteiger partial charge is 0.378 e. The lowest BCUT2D eigenvalue weighted by Gasteiger charge is -2.27. The van der Waals surface area contributed by atoms with Crippen LogP contribution in [0, 0.1) is 5.41 Å². The highest BCUT2D eigenvalue weighted by Gasteiger charge is 2.30. The zero-order chi connectivity index (χ0) is 28.9. The van der Waals surface area contributed by atoms with Gasteiger partial charge in [0.1, 0.15) is 17.4 Å². The van der Waals surface area contributed by atoms with Crippen molar-refractivity contribution in [3.63, 3.8) is 0 Å². The molecule has 37 heavy (non-hydrogen) atoms. The van der Waals surface area contributed by atoms with Crippen LogP contribution in [0.15, 0.2) is 55.6 Å². The third kappa shape index (κ3) is 17.1. The van der Waals surface area contributed by atoms with E-state index in [0.717, 1.165) is 12.8 Å². The number of aryl methyl sites for hydroxylation is 1. The lowest BCUT2D eigenvalue weighted by molar-refractivity contribution is -0.130. The first-order valence-corrected chi connectivity index (χ1v) is 13.5. The number of anilines is 1. The summed E-state index contributed by atoms with van der Waals surface area (Å²) in [6.45, 7) is 24.0. The van der Waals surface area contributed by atoms with E-state index in [1.165, 1.54) is 30.7 Å². The molecule has 2 amide bonds. The van der Waals surface area contributed by atoms with Crippen LogP contribution in [0.25, 0.3) is 0 Å². The lowest BCUT2D eigenvalue weighted by Crippen LogP contribution is -2.55. The molecule has 0 bridgehead atoms. The Morgan fingerprint density at radius 2 is 1.62 bits per heavy atom. The number of rotatable bonds is 10. The summed E-state index contributed by atoms with van der Waals surface area (Å²) in [5, 5.41) is 8.49. The van der Waals surface area contributed by atoms with Gasteiger partial charge < -0.3 is 20.9 Å². The summed E-state index contributed by atoms with van der Waals surface area (Å²) < 4.78 is 0. The molecule has 4 N–H and O–H groups in total. The molecule has 0 saturated carbocycles. The molecule has 0 aliphatic heterocycles. The zero-order valence-corrected chi connectivity index (χ0v) is 25.0. The van der Waals surface area contributed by atoms with Crippen LogP contribution in [0.5, 0.6) is 0 Å². The molecule has 1 unspecified atom stereocenters. The Kier molecular flexibility index (Phi) is 19.5. The predicted octanol–water partition coefficient (Wildman–Crippen LogP) is 6.86. The van der Waals surface area contributed by atoms with E-state index in [9.17, 15) is 9.59 Å². The third-order valence-electron chi connectivity index (χ3n) is 5.27. The first kappa shape index (κ1) is 36.1. The van der Waals surface area contributed by atoms with Crippen LogP contribution >= 0.6 is 0 Å². The van der Waals surface area contributed by atoms with Gasteiger partial charge in [-0.05, 0) is 50.3 Å². The van der Waals surface area contributed by atoms with Crippen LogP contribution in [0.4, 0.5) is 5.82 Å². The number of benzene rings is 1. The molecule has 210 valence electrons. The molecular formula is C30H53N5O2. The van der Waals surface area contributed by atoms with Crippen LogP contribution in [0.3, 0.4) is 0 Å². The Morgan fingerprint density at radius 3 is 2.08 bits per heavy atom. The lowest BCUT2D eigenvalue weighted by atomic mass is 9.94. The van der Waals surface area contributed by atoms with Crippen LogP contribution in [0.1, 0.15) is 94.1 Å². The topological polar surface area (TPSA) is 98.9 Å². The van der Waals surface area contributed by atoms with Gasteiger partial charge in [-0.2, -0.15) is 0 Å². The van der Waals surface area contributed by atoms with Crippen molar-refractivity contribution in [2.45, 2.75) is 107 Å². The molecule has 7 nitrogen and oxygen atoms in total. The first-order valence-electron chi connectivity index (χ1n) is 13.5. The summed E-state index contributed by atoms with van der Waals surface area (Å²) >= 11 is 0. The maximum atomic E-state index is 12.7. The highest BCUT2D eigenvalue weighted by molar-refractivity contribution is 5.97. The average molecular weight is 516 g/mol. The molecule has 0 fully saturated rings. The van der Waals surface area contributed by atoms with Crippen molar-refractivity contribution < 1.29 is 9.59 Å². The molecule has 2 aromatic rings. The van der Waals surface area contributed by atoms with Gasteiger partial charge in [0.15, 0.2) is 0 Å². The van der Waals surface area contributed by atoms with E-state index in [2.05, 4.69) is 72.3 Å². The second-order valence-electron chi connectivity index (χ2n) is 9.75. The fraction of sp³-hybridized carbons (Fsp3) is 0.567. The number of carbonyl (C=O) groups excluding carboxylic acids is 2. The summed E-state index contributed by atoms with van der Waals surface area (Å²) in [4.78, 5) is 32.0. The second kappa shape index (κ2) is 20.0. The fourth-order valence-electron chi connectivity index (χ4n) is 2.63. The first-order chi connectivity index (χ1) is 17.5. The standard InChI is InChI=1S/C20H27N5O2.C6H14.2C2H6/c1-4-23-20(2,3)19(27)24-16(18(26)25-17-13-21-14-22-17)12-8-11-15-9-6-5-7-10-15;1-5-6(2,3)4;2*1-2/h4-7,9-10,13-14,16,23H,1,8,11-12H2,2-3H3,(H,21,22)(H,24,27)(H,25,26);5H2,1-4H3;2*1-2H3. The summed E-state index contributed by atoms with van der Waals surface area (Å²) in [5.74, 6) is -0.0623. The number of H-pyrrole nitrogens is 1. The highest BCUT2D eigenvalue weighted by atomic mass is 16.2. The summed E-state index contributed by atoms with van der Waals surface area (Å²) in [6, 6.07) is 9.39. The summed E-state index contributed by atoms with van der Waals surface area (Å²) in [5.41, 5.74) is 0.874. The van der Waals surface area contributed by atoms with E-state index in [0.29, 0.717) is 17.7 Å². The van der Waals surface area contributed by atoms with Crippen molar-refractivity contribution in [2.24, 2.45) is 5.41 Å². The molecule has 1 atom stereocenters. The van der Waals surface area contributed by atoms with Crippen LogP contribution in [-0.2, 0) is 16.0 Å². The molecule has 0 aliphatic rings. The smallest absolute Gasteiger partial charge is 0.248 e. The minimum Gasteiger partial charge on any atom is -0.378 e. The summed E-state index contributed by atoms with van der Waals surface area (Å²) in [7, 11) is 0. The Morgan fingerprint density at radius 1 is 1.05 bits per heavy atom. The highest BCUT2D eigenvalue weighted by Crippen LogP contribution is 2.16. The number of hydrogen-bond donors (Lipinski definition) is 4. The quantitative estimate of drug-likeness (QED) is 0.278. The van der Waals surface area contributed by atoms with Crippen LogP contribution in [0.2, 0.25) is 0 Å². The monoisotopic (exact) mass is 515 g/mol. The van der Waals surface area contributed by atoms with Crippen LogP contribution < -0.4 is 16.0 Å². The van der Waals surface area contributed by atoms with Gasteiger partial charge in [0, 0.05) is 0 Å². The molecule has 0 radical (unpaired) electrons. The minimum atomic E-state index is -0.867. The van der Waals surface area contributed by atoms with Gasteiger partial charge in [0.2, 0.25) is 11.8 Å². The number of aromatic nitrogens is 2. The van der Waals surface area contributed by atoms with E-state index < -0.39 is 11.6 Å². The number of aromatic amines is 1. The third-order valence-corrected chi connectivity index (χ3v) is 5.27. The van der Waals surface area contributed by atoms with E-state index >= 15 is 0 Å². The van der Waals surface area contributed by atoms with Crippen molar-refractivity contribution in [3.8, 4) is 0 Å². The zero-order valence-electron chi connectivity index (χ0n) is 25.0. The van der Waals surface area contributed by atoms with Gasteiger partial charge in [-0.25, -0.2) is 4.98 Å². The Labute approximate surface area is 226 Å². The Balaban J connectivity index is 0. The number of carbonyl (C=O) groups is 2. The molecule has 1 aromatic heterocycles. The van der Waals surface area contributed by atoms with E-state index in [-0.39, 0.29) is 11.8 Å². The molecule has 0 spiro atoms. The predicted molar refractivity (Wildman–Crippen MR) is 158 cm³/mol. The Hall–Kier alpha value is -3.09. The summed E-state index contributed by atoms with van der Waals surface area (Å²) in [6.07, 6.45) is 7.85. The van der Waals surface area contributed by atoms with Gasteiger partial charge in [-0.15, -0.1) is 0 Å². The van der Waals surface area contributed by atoms with Crippen molar-refractivity contribution >= 4 is 17.6 Å². The molecule has 7 heteroatoms. The molecule has 1 aromatic carbocycles. The maximum absolute atomic E-state index is 12.7. The second-order valence-corrected chi connectivity index (χ2v) is 9.75. The molecule has 2 rings (SSSR count). The molecule has 1 heterocycles. The van der Waals surface area contributed by atoms with Crippen molar-refractivity contribution in [1.29, 1.82) is 0 Å². The number of hydrogen-bond acceptors (Lipinski definition) is 4. The van der Waals surface area contributed by atoms with Gasteiger partial charge in [0.05, 0.1) is 12.5 Å². The van der Waals surface area contributed by atoms with Crippen molar-refractivity contribution in [3.05, 3.63) is 61.2 Å². The van der Waals surface area contributed by atoms with Crippen molar-refractivity contribution in [2.75, 3.05) is 5.32 Å². The SMILES string of the molecule is C=CNC(C)(C)C(=O)NC(CCCc1ccccc1)C(=O)Nc1cnc[nH]1.CC.CC.CCC(C)(C)C. The number of nitrogens with zero attached hydrogens (tertiary/aromatic N) is 1. The van der Waals surface area contributed by atoms with Gasteiger partial charge in [-0.1, -0.05) is 98.7 Å². The normalized spacial score (nSPS) is 11.1. The Bertz CT molecular complexity index is 841. The minimum absolute atomic E-state index is 0.271. The number of nitrogens with one attached hydrogen (secondary N) is 4. The fourth-order valence-corrected chi connectivity index (χ4v) is 2.63. The number of imidazole rings is 1. The maximum Gasteiger partial charge on any atom is 0.248 e. The molecule has 0 aliphatic carbocycles. The molecular weight excluding hydrogens is 462 g/mol. The van der Waals surface area contributed by atoms with Crippen LogP contribution in [-0.4, -0.2) is 33.4 Å². The van der Waals surface area contributed by atoms with Gasteiger partial charge >= 0.3 is 0 Å². The van der Waals surface area contributed by atoms with E-state index in [4.69, 9.17) is 0 Å².